The second-order valence-electron chi connectivity index (χ2n) is 11.7. The summed E-state index contributed by atoms with van der Waals surface area (Å²) in [6.45, 7) is 13.2. The largest absolute Gasteiger partial charge is 0.309 e. The number of rotatable bonds is 7. The number of nitrogens with zero attached hydrogens (tertiary/aromatic N) is 4. The molecule has 4 nitrogen and oxygen atoms in total. The summed E-state index contributed by atoms with van der Waals surface area (Å²) in [6, 6.07) is 37.0. The van der Waals surface area contributed by atoms with Gasteiger partial charge >= 0.3 is 0 Å². The van der Waals surface area contributed by atoms with E-state index in [0.717, 1.165) is 22.9 Å². The van der Waals surface area contributed by atoms with Crippen LogP contribution in [0.5, 0.6) is 0 Å². The molecule has 5 aromatic carbocycles. The third-order valence-corrected chi connectivity index (χ3v) is 8.10. The average Bonchev–Trinajstić information content (AvgIpc) is 3.01. The second kappa shape index (κ2) is 12.2. The van der Waals surface area contributed by atoms with Crippen LogP contribution in [-0.2, 0) is 0 Å². The Labute approximate surface area is 261 Å². The molecule has 0 bridgehead atoms. The van der Waals surface area contributed by atoms with Gasteiger partial charge in [0.25, 0.3) is 0 Å². The highest BCUT2D eigenvalue weighted by Gasteiger charge is 2.22. The van der Waals surface area contributed by atoms with Crippen LogP contribution in [0.3, 0.4) is 0 Å². The van der Waals surface area contributed by atoms with E-state index in [9.17, 15) is 0 Å². The van der Waals surface area contributed by atoms with Crippen LogP contribution in [0.4, 0.5) is 34.3 Å². The van der Waals surface area contributed by atoms with Crippen LogP contribution in [0.1, 0.15) is 33.4 Å². The topological polar surface area (TPSA) is 32.3 Å². The minimum Gasteiger partial charge on any atom is -0.309 e. The van der Waals surface area contributed by atoms with Crippen molar-refractivity contribution in [1.29, 1.82) is 0 Å². The van der Waals surface area contributed by atoms with Crippen LogP contribution in [0.25, 0.3) is 11.1 Å². The van der Waals surface area contributed by atoms with Gasteiger partial charge in [-0.2, -0.15) is 0 Å². The van der Waals surface area contributed by atoms with E-state index in [1.165, 1.54) is 55.9 Å². The van der Waals surface area contributed by atoms with Crippen LogP contribution in [0.15, 0.2) is 122 Å². The van der Waals surface area contributed by atoms with Gasteiger partial charge in [0, 0.05) is 29.5 Å². The SMILES string of the molecule is Cc1cc(C)c(N(c2ccc(N(c3ccc(-c4ccccc4)cc3)c3cnccn3)cc2)c2c(C)cc(C)cc2C)c(C)c1. The van der Waals surface area contributed by atoms with E-state index >= 15 is 0 Å². The highest BCUT2D eigenvalue weighted by Crippen LogP contribution is 2.44. The van der Waals surface area contributed by atoms with Crippen molar-refractivity contribution in [2.45, 2.75) is 41.5 Å². The van der Waals surface area contributed by atoms with E-state index in [-0.39, 0.29) is 0 Å². The van der Waals surface area contributed by atoms with Gasteiger partial charge < -0.3 is 4.90 Å². The molecule has 218 valence electrons. The first-order valence-electron chi connectivity index (χ1n) is 15.1. The molecule has 0 aliphatic carbocycles. The molecule has 0 spiro atoms. The van der Waals surface area contributed by atoms with Gasteiger partial charge in [0.2, 0.25) is 0 Å². The van der Waals surface area contributed by atoms with E-state index in [2.05, 4.69) is 158 Å². The minimum absolute atomic E-state index is 0.764. The molecule has 0 aliphatic heterocycles. The summed E-state index contributed by atoms with van der Waals surface area (Å²) in [7, 11) is 0. The highest BCUT2D eigenvalue weighted by atomic mass is 15.2. The van der Waals surface area contributed by atoms with Crippen LogP contribution >= 0.6 is 0 Å². The molecule has 0 saturated carbocycles. The molecule has 1 aromatic heterocycles. The van der Waals surface area contributed by atoms with Crippen molar-refractivity contribution in [1.82, 2.24) is 9.97 Å². The van der Waals surface area contributed by atoms with Crippen LogP contribution < -0.4 is 9.80 Å². The van der Waals surface area contributed by atoms with Gasteiger partial charge in [-0.15, -0.1) is 0 Å². The van der Waals surface area contributed by atoms with Crippen molar-refractivity contribution < 1.29 is 0 Å². The molecule has 0 aliphatic rings. The molecule has 0 unspecified atom stereocenters. The smallest absolute Gasteiger partial charge is 0.156 e. The molecular weight excluding hydrogens is 536 g/mol. The summed E-state index contributed by atoms with van der Waals surface area (Å²) in [5.74, 6) is 0.764. The Balaban J connectivity index is 1.46. The molecule has 1 heterocycles. The zero-order chi connectivity index (χ0) is 30.8. The van der Waals surface area contributed by atoms with Crippen molar-refractivity contribution in [2.75, 3.05) is 9.80 Å². The molecule has 0 radical (unpaired) electrons. The summed E-state index contributed by atoms with van der Waals surface area (Å²) >= 11 is 0. The number of hydrogen-bond acceptors (Lipinski definition) is 4. The van der Waals surface area contributed by atoms with E-state index in [4.69, 9.17) is 0 Å². The summed E-state index contributed by atoms with van der Waals surface area (Å²) in [5.41, 5.74) is 15.5. The Kier molecular flexibility index (Phi) is 7.99. The first-order valence-corrected chi connectivity index (χ1v) is 15.1. The first-order chi connectivity index (χ1) is 21.3. The molecule has 44 heavy (non-hydrogen) atoms. The third-order valence-electron chi connectivity index (χ3n) is 8.10. The van der Waals surface area contributed by atoms with Crippen LogP contribution in [-0.4, -0.2) is 9.97 Å². The number of anilines is 6. The Morgan fingerprint density at radius 2 is 0.886 bits per heavy atom. The molecule has 6 aromatic rings. The summed E-state index contributed by atoms with van der Waals surface area (Å²) in [4.78, 5) is 13.7. The van der Waals surface area contributed by atoms with Gasteiger partial charge in [0.05, 0.1) is 17.6 Å². The Bertz CT molecular complexity index is 1790. The molecule has 0 atom stereocenters. The van der Waals surface area contributed by atoms with E-state index < -0.39 is 0 Å². The fourth-order valence-electron chi connectivity index (χ4n) is 6.42. The molecular formula is C40H38N4. The number of aromatic nitrogens is 2. The summed E-state index contributed by atoms with van der Waals surface area (Å²) < 4.78 is 0. The standard InChI is InChI=1S/C40H38N4/c1-27-22-29(3)39(30(4)23-27)44(40-31(5)24-28(2)25-32(40)6)37-18-16-36(17-19-37)43(38-26-41-20-21-42-38)35-14-12-34(13-15-35)33-10-8-7-9-11-33/h7-26H,1-6H3. The monoisotopic (exact) mass is 574 g/mol. The zero-order valence-electron chi connectivity index (χ0n) is 26.3. The predicted octanol–water partition coefficient (Wildman–Crippen LogP) is 10.9. The fourth-order valence-corrected chi connectivity index (χ4v) is 6.42. The van der Waals surface area contributed by atoms with Crippen molar-refractivity contribution in [3.05, 3.63) is 155 Å². The minimum atomic E-state index is 0.764. The van der Waals surface area contributed by atoms with Gasteiger partial charge in [-0.25, -0.2) is 4.98 Å². The highest BCUT2D eigenvalue weighted by molar-refractivity contribution is 5.85. The van der Waals surface area contributed by atoms with Crippen molar-refractivity contribution in [3.8, 4) is 11.1 Å². The lowest BCUT2D eigenvalue weighted by molar-refractivity contribution is 1.12. The van der Waals surface area contributed by atoms with E-state index in [0.29, 0.717) is 0 Å². The molecule has 0 saturated heterocycles. The van der Waals surface area contributed by atoms with Crippen molar-refractivity contribution in [2.24, 2.45) is 0 Å². The summed E-state index contributed by atoms with van der Waals surface area (Å²) in [5, 5.41) is 0. The zero-order valence-corrected chi connectivity index (χ0v) is 26.3. The van der Waals surface area contributed by atoms with Crippen molar-refractivity contribution >= 4 is 34.3 Å². The Hall–Kier alpha value is -5.22. The third kappa shape index (κ3) is 5.71. The summed E-state index contributed by atoms with van der Waals surface area (Å²) in [6.07, 6.45) is 5.26. The maximum absolute atomic E-state index is 4.68. The van der Waals surface area contributed by atoms with Crippen molar-refractivity contribution in [3.63, 3.8) is 0 Å². The van der Waals surface area contributed by atoms with E-state index in [1.807, 2.05) is 12.3 Å². The lowest BCUT2D eigenvalue weighted by Crippen LogP contribution is -2.16. The fraction of sp³-hybridized carbons (Fsp3) is 0.150. The van der Waals surface area contributed by atoms with Gasteiger partial charge in [-0.05, 0) is 111 Å². The lowest BCUT2D eigenvalue weighted by Gasteiger charge is -2.32. The van der Waals surface area contributed by atoms with Crippen LogP contribution in [0.2, 0.25) is 0 Å². The average molecular weight is 575 g/mol. The first kappa shape index (κ1) is 28.9. The molecule has 6 rings (SSSR count). The number of aryl methyl sites for hydroxylation is 6. The van der Waals surface area contributed by atoms with Crippen LogP contribution in [0, 0.1) is 41.5 Å². The van der Waals surface area contributed by atoms with Gasteiger partial charge in [-0.3, -0.25) is 9.88 Å². The maximum Gasteiger partial charge on any atom is 0.156 e. The number of hydrogen-bond donors (Lipinski definition) is 0. The van der Waals surface area contributed by atoms with Gasteiger partial charge in [0.1, 0.15) is 0 Å². The predicted molar refractivity (Wildman–Crippen MR) is 185 cm³/mol. The molecule has 0 fully saturated rings. The lowest BCUT2D eigenvalue weighted by atomic mass is 9.98. The van der Waals surface area contributed by atoms with Gasteiger partial charge in [0.15, 0.2) is 5.82 Å². The number of benzene rings is 5. The Morgan fingerprint density at radius 3 is 1.34 bits per heavy atom. The van der Waals surface area contributed by atoms with E-state index in [1.54, 1.807) is 12.4 Å². The maximum atomic E-state index is 4.68. The van der Waals surface area contributed by atoms with Gasteiger partial charge in [-0.1, -0.05) is 77.9 Å². The molecule has 4 heteroatoms. The molecule has 0 N–H and O–H groups in total. The molecule has 0 amide bonds. The normalized spacial score (nSPS) is 11.0. The second-order valence-corrected chi connectivity index (χ2v) is 11.7. The quantitative estimate of drug-likeness (QED) is 0.190. The Morgan fingerprint density at radius 1 is 0.455 bits per heavy atom.